The fourth-order valence-corrected chi connectivity index (χ4v) is 1.28. The quantitative estimate of drug-likeness (QED) is 0.739. The van der Waals surface area contributed by atoms with Gasteiger partial charge in [0.2, 0.25) is 0 Å². The van der Waals surface area contributed by atoms with Gasteiger partial charge in [-0.15, -0.1) is 0 Å². The number of pyridine rings is 1. The highest BCUT2D eigenvalue weighted by atomic mass is 79.9. The number of aromatic nitrogens is 1. The maximum atomic E-state index is 12.1. The molecular weight excluding hydrogens is 247 g/mol. The molecule has 5 heteroatoms. The van der Waals surface area contributed by atoms with Gasteiger partial charge in [-0.3, -0.25) is 0 Å². The summed E-state index contributed by atoms with van der Waals surface area (Å²) in [4.78, 5) is 3.48. The molecule has 1 nitrogen and oxygen atoms in total. The fraction of sp³-hybridized carbons (Fsp3) is 0.375. The first-order chi connectivity index (χ1) is 6.04. The Labute approximate surface area is 82.1 Å². The summed E-state index contributed by atoms with van der Waals surface area (Å²) in [5, 5.41) is 0.612. The second-order valence-electron chi connectivity index (χ2n) is 2.45. The van der Waals surface area contributed by atoms with Crippen LogP contribution in [0.4, 0.5) is 13.2 Å². The minimum absolute atomic E-state index is 0.451. The van der Waals surface area contributed by atoms with Crippen molar-refractivity contribution >= 4 is 15.9 Å². The molecule has 0 aliphatic carbocycles. The lowest BCUT2D eigenvalue weighted by Crippen LogP contribution is -2.09. The van der Waals surface area contributed by atoms with Crippen LogP contribution in [0.15, 0.2) is 18.2 Å². The van der Waals surface area contributed by atoms with Gasteiger partial charge in [-0.1, -0.05) is 22.0 Å². The Morgan fingerprint density at radius 1 is 1.31 bits per heavy atom. The Balaban J connectivity index is 2.92. The number of hydrogen-bond donors (Lipinski definition) is 0. The summed E-state index contributed by atoms with van der Waals surface area (Å²) in [7, 11) is 0. The number of nitrogens with zero attached hydrogens (tertiary/aromatic N) is 1. The summed E-state index contributed by atoms with van der Waals surface area (Å²) >= 11 is 3.14. The van der Waals surface area contributed by atoms with Crippen LogP contribution in [-0.2, 0) is 12.6 Å². The van der Waals surface area contributed by atoms with E-state index in [1.165, 1.54) is 6.07 Å². The van der Waals surface area contributed by atoms with Crippen LogP contribution < -0.4 is 0 Å². The predicted molar refractivity (Wildman–Crippen MR) is 46.7 cm³/mol. The van der Waals surface area contributed by atoms with Crippen molar-refractivity contribution in [3.05, 3.63) is 29.6 Å². The standard InChI is InChI=1S/C8H7BrF3N/c9-5-4-6-2-1-3-7(13-6)8(10,11)12/h1-3H,4-5H2. The van der Waals surface area contributed by atoms with E-state index in [1.54, 1.807) is 6.07 Å². The van der Waals surface area contributed by atoms with Crippen molar-refractivity contribution in [2.24, 2.45) is 0 Å². The van der Waals surface area contributed by atoms with Gasteiger partial charge in [0.1, 0.15) is 5.69 Å². The van der Waals surface area contributed by atoms with Crippen molar-refractivity contribution < 1.29 is 13.2 Å². The molecule has 0 bridgehead atoms. The summed E-state index contributed by atoms with van der Waals surface area (Å²) in [5.74, 6) is 0. The molecule has 0 unspecified atom stereocenters. The summed E-state index contributed by atoms with van der Waals surface area (Å²) in [6.45, 7) is 0. The number of hydrogen-bond acceptors (Lipinski definition) is 1. The van der Waals surface area contributed by atoms with Gasteiger partial charge in [0, 0.05) is 11.0 Å². The van der Waals surface area contributed by atoms with Crippen molar-refractivity contribution in [3.8, 4) is 0 Å². The Hall–Kier alpha value is -0.580. The summed E-state index contributed by atoms with van der Waals surface area (Å²) in [6, 6.07) is 3.92. The molecule has 0 radical (unpaired) electrons. The zero-order chi connectivity index (χ0) is 9.90. The topological polar surface area (TPSA) is 12.9 Å². The molecule has 72 valence electrons. The van der Waals surface area contributed by atoms with Crippen molar-refractivity contribution in [3.63, 3.8) is 0 Å². The second-order valence-corrected chi connectivity index (χ2v) is 3.24. The molecule has 1 aromatic heterocycles. The van der Waals surface area contributed by atoms with Crippen LogP contribution in [0.5, 0.6) is 0 Å². The average Bonchev–Trinajstić information content (AvgIpc) is 2.04. The van der Waals surface area contributed by atoms with Crippen LogP contribution in [0.25, 0.3) is 0 Å². The third-order valence-corrected chi connectivity index (χ3v) is 1.84. The lowest BCUT2D eigenvalue weighted by Gasteiger charge is -2.06. The highest BCUT2D eigenvalue weighted by Gasteiger charge is 2.32. The van der Waals surface area contributed by atoms with E-state index >= 15 is 0 Å². The van der Waals surface area contributed by atoms with Crippen molar-refractivity contribution in [2.45, 2.75) is 12.6 Å². The van der Waals surface area contributed by atoms with E-state index in [2.05, 4.69) is 20.9 Å². The minimum atomic E-state index is -4.34. The van der Waals surface area contributed by atoms with Crippen LogP contribution in [0.2, 0.25) is 0 Å². The first kappa shape index (κ1) is 10.5. The third kappa shape index (κ3) is 2.99. The minimum Gasteiger partial charge on any atom is -0.248 e. The van der Waals surface area contributed by atoms with Gasteiger partial charge in [0.05, 0.1) is 0 Å². The molecule has 1 heterocycles. The molecule has 0 amide bonds. The monoisotopic (exact) mass is 253 g/mol. The normalized spacial score (nSPS) is 11.7. The number of halogens is 4. The van der Waals surface area contributed by atoms with Gasteiger partial charge in [-0.05, 0) is 18.6 Å². The van der Waals surface area contributed by atoms with E-state index in [0.717, 1.165) is 6.07 Å². The van der Waals surface area contributed by atoms with Gasteiger partial charge in [0.25, 0.3) is 0 Å². The number of aryl methyl sites for hydroxylation is 1. The molecule has 0 spiro atoms. The highest BCUT2D eigenvalue weighted by Crippen LogP contribution is 2.27. The van der Waals surface area contributed by atoms with Crippen LogP contribution in [0.1, 0.15) is 11.4 Å². The van der Waals surface area contributed by atoms with E-state index in [9.17, 15) is 13.2 Å². The van der Waals surface area contributed by atoms with Gasteiger partial charge in [0.15, 0.2) is 0 Å². The summed E-state index contributed by atoms with van der Waals surface area (Å²) in [6.07, 6.45) is -3.84. The van der Waals surface area contributed by atoms with Crippen LogP contribution in [0.3, 0.4) is 0 Å². The average molecular weight is 254 g/mol. The van der Waals surface area contributed by atoms with Gasteiger partial charge >= 0.3 is 6.18 Å². The first-order valence-corrected chi connectivity index (χ1v) is 4.75. The van der Waals surface area contributed by atoms with Gasteiger partial charge in [-0.2, -0.15) is 13.2 Å². The molecule has 0 saturated carbocycles. The summed E-state index contributed by atoms with van der Waals surface area (Å²) in [5.41, 5.74) is -0.377. The SMILES string of the molecule is FC(F)(F)c1cccc(CCBr)n1. The molecule has 0 N–H and O–H groups in total. The lowest BCUT2D eigenvalue weighted by atomic mass is 10.2. The Morgan fingerprint density at radius 3 is 2.54 bits per heavy atom. The van der Waals surface area contributed by atoms with E-state index in [4.69, 9.17) is 0 Å². The zero-order valence-corrected chi connectivity index (χ0v) is 8.19. The molecule has 13 heavy (non-hydrogen) atoms. The largest absolute Gasteiger partial charge is 0.433 e. The Morgan fingerprint density at radius 2 is 2.00 bits per heavy atom. The molecule has 0 fully saturated rings. The van der Waals surface area contributed by atoms with E-state index < -0.39 is 11.9 Å². The van der Waals surface area contributed by atoms with Crippen LogP contribution in [-0.4, -0.2) is 10.3 Å². The van der Waals surface area contributed by atoms with Crippen molar-refractivity contribution in [2.75, 3.05) is 5.33 Å². The maximum absolute atomic E-state index is 12.1. The van der Waals surface area contributed by atoms with Crippen LogP contribution in [0, 0.1) is 0 Å². The molecule has 1 rings (SSSR count). The van der Waals surface area contributed by atoms with E-state index in [1.807, 2.05) is 0 Å². The molecule has 1 aromatic rings. The zero-order valence-electron chi connectivity index (χ0n) is 6.61. The Bertz CT molecular complexity index is 285. The smallest absolute Gasteiger partial charge is 0.248 e. The van der Waals surface area contributed by atoms with Crippen molar-refractivity contribution in [1.82, 2.24) is 4.98 Å². The maximum Gasteiger partial charge on any atom is 0.433 e. The molecular formula is C8H7BrF3N. The van der Waals surface area contributed by atoms with Crippen LogP contribution >= 0.6 is 15.9 Å². The van der Waals surface area contributed by atoms with E-state index in [-0.39, 0.29) is 0 Å². The molecule has 0 aliphatic rings. The van der Waals surface area contributed by atoms with Gasteiger partial charge in [-0.25, -0.2) is 4.98 Å². The third-order valence-electron chi connectivity index (χ3n) is 1.45. The predicted octanol–water partition coefficient (Wildman–Crippen LogP) is 3.04. The number of rotatable bonds is 2. The molecule has 0 aliphatic heterocycles. The Kier molecular flexibility index (Phi) is 3.30. The van der Waals surface area contributed by atoms with E-state index in [0.29, 0.717) is 17.4 Å². The summed E-state index contributed by atoms with van der Waals surface area (Å²) < 4.78 is 36.4. The lowest BCUT2D eigenvalue weighted by molar-refractivity contribution is -0.141. The molecule has 0 atom stereocenters. The molecule has 0 aromatic carbocycles. The number of alkyl halides is 4. The van der Waals surface area contributed by atoms with Gasteiger partial charge < -0.3 is 0 Å². The highest BCUT2D eigenvalue weighted by molar-refractivity contribution is 9.09. The fourth-order valence-electron chi connectivity index (χ4n) is 0.874. The first-order valence-electron chi connectivity index (χ1n) is 3.63. The molecule has 0 saturated heterocycles. The second kappa shape index (κ2) is 4.09. The van der Waals surface area contributed by atoms with Crippen molar-refractivity contribution in [1.29, 1.82) is 0 Å².